The normalized spacial score (nSPS) is 10.0. The number of carbonyl (C=O) groups excluding carboxylic acids is 1. The molecule has 0 radical (unpaired) electrons. The molecule has 5 nitrogen and oxygen atoms in total. The van der Waals surface area contributed by atoms with Crippen molar-refractivity contribution in [1.29, 1.82) is 0 Å². The number of urea groups is 1. The van der Waals surface area contributed by atoms with Gasteiger partial charge in [0.15, 0.2) is 6.73 Å². The average molecular weight is 307 g/mol. The quantitative estimate of drug-likeness (QED) is 0.598. The predicted molar refractivity (Wildman–Crippen MR) is 81.9 cm³/mol. The van der Waals surface area contributed by atoms with Crippen LogP contribution in [0.4, 0.5) is 10.5 Å². The molecule has 0 aliphatic carbocycles. The van der Waals surface area contributed by atoms with E-state index in [1.54, 1.807) is 43.3 Å². The maximum Gasteiger partial charge on any atom is 0.321 e. The Hall–Kier alpha value is -2.40. The van der Waals surface area contributed by atoms with Crippen LogP contribution in [0.15, 0.2) is 42.5 Å². The van der Waals surface area contributed by atoms with Gasteiger partial charge in [-0.1, -0.05) is 11.6 Å². The summed E-state index contributed by atoms with van der Waals surface area (Å²) in [5, 5.41) is 15.2. The van der Waals surface area contributed by atoms with Gasteiger partial charge < -0.3 is 20.5 Å². The first-order valence-electron chi connectivity index (χ1n) is 6.27. The van der Waals surface area contributed by atoms with Crippen LogP contribution in [0, 0.1) is 6.92 Å². The first kappa shape index (κ1) is 15.0. The van der Waals surface area contributed by atoms with Gasteiger partial charge in [0.1, 0.15) is 11.5 Å². The molecular weight excluding hydrogens is 292 g/mol. The predicted octanol–water partition coefficient (Wildman–Crippen LogP) is 3.51. The Morgan fingerprint density at radius 1 is 1.24 bits per heavy atom. The zero-order valence-electron chi connectivity index (χ0n) is 11.4. The van der Waals surface area contributed by atoms with Gasteiger partial charge in [-0.2, -0.15) is 0 Å². The van der Waals surface area contributed by atoms with Crippen LogP contribution < -0.4 is 15.4 Å². The topological polar surface area (TPSA) is 70.6 Å². The van der Waals surface area contributed by atoms with E-state index in [1.807, 2.05) is 0 Å². The average Bonchev–Trinajstić information content (AvgIpc) is 2.44. The Labute approximate surface area is 127 Å². The van der Waals surface area contributed by atoms with E-state index in [-0.39, 0.29) is 12.5 Å². The van der Waals surface area contributed by atoms with Gasteiger partial charge >= 0.3 is 6.03 Å². The number of benzene rings is 2. The third kappa shape index (κ3) is 4.57. The molecule has 0 fully saturated rings. The smallest absolute Gasteiger partial charge is 0.321 e. The van der Waals surface area contributed by atoms with Crippen molar-refractivity contribution >= 4 is 23.3 Å². The van der Waals surface area contributed by atoms with Gasteiger partial charge in [-0.05, 0) is 55.0 Å². The molecule has 110 valence electrons. The standard InChI is InChI=1S/C15H15ClN2O3/c1-10-8-12(19)4-7-14(10)18-15(20)17-9-21-13-5-2-11(16)3-6-13/h2-8,19H,9H2,1H3,(H2,17,18,20). The van der Waals surface area contributed by atoms with Crippen molar-refractivity contribution in [3.05, 3.63) is 53.1 Å². The minimum absolute atomic E-state index is 0.0323. The van der Waals surface area contributed by atoms with Crippen LogP contribution in [0.5, 0.6) is 11.5 Å². The largest absolute Gasteiger partial charge is 0.508 e. The third-order valence-electron chi connectivity index (χ3n) is 2.74. The summed E-state index contributed by atoms with van der Waals surface area (Å²) in [6.45, 7) is 1.82. The third-order valence-corrected chi connectivity index (χ3v) is 3.00. The summed E-state index contributed by atoms with van der Waals surface area (Å²) in [7, 11) is 0. The van der Waals surface area contributed by atoms with Crippen LogP contribution in [-0.4, -0.2) is 17.9 Å². The van der Waals surface area contributed by atoms with Gasteiger partial charge in [-0.15, -0.1) is 0 Å². The number of phenols is 1. The number of hydrogen-bond acceptors (Lipinski definition) is 3. The summed E-state index contributed by atoms with van der Waals surface area (Å²) < 4.78 is 5.35. The second kappa shape index (κ2) is 6.85. The van der Waals surface area contributed by atoms with Crippen LogP contribution in [-0.2, 0) is 0 Å². The molecule has 0 aromatic heterocycles. The molecule has 2 rings (SSSR count). The summed E-state index contributed by atoms with van der Waals surface area (Å²) in [6.07, 6.45) is 0. The molecule has 2 aromatic rings. The molecule has 0 aliphatic heterocycles. The first-order chi connectivity index (χ1) is 10.0. The maximum atomic E-state index is 11.7. The van der Waals surface area contributed by atoms with Crippen LogP contribution >= 0.6 is 11.6 Å². The molecule has 0 bridgehead atoms. The number of anilines is 1. The molecule has 2 aromatic carbocycles. The first-order valence-corrected chi connectivity index (χ1v) is 6.65. The number of nitrogens with one attached hydrogen (secondary N) is 2. The lowest BCUT2D eigenvalue weighted by Gasteiger charge is -2.11. The van der Waals surface area contributed by atoms with Crippen molar-refractivity contribution < 1.29 is 14.6 Å². The van der Waals surface area contributed by atoms with Gasteiger partial charge in [0, 0.05) is 10.7 Å². The van der Waals surface area contributed by atoms with Crippen LogP contribution in [0.2, 0.25) is 5.02 Å². The van der Waals surface area contributed by atoms with Crippen molar-refractivity contribution in [2.45, 2.75) is 6.92 Å². The zero-order chi connectivity index (χ0) is 15.2. The molecule has 0 aliphatic rings. The molecular formula is C15H15ClN2O3. The van der Waals surface area contributed by atoms with Crippen LogP contribution in [0.25, 0.3) is 0 Å². The number of rotatable bonds is 4. The molecule has 0 heterocycles. The minimum atomic E-state index is -0.391. The number of halogens is 1. The van der Waals surface area contributed by atoms with Gasteiger partial charge in [0.25, 0.3) is 0 Å². The number of aromatic hydroxyl groups is 1. The fourth-order valence-corrected chi connectivity index (χ4v) is 1.80. The number of phenolic OH excluding ortho intramolecular Hbond substituents is 1. The number of ether oxygens (including phenoxy) is 1. The lowest BCUT2D eigenvalue weighted by atomic mass is 10.2. The summed E-state index contributed by atoms with van der Waals surface area (Å²) in [6, 6.07) is 11.2. The zero-order valence-corrected chi connectivity index (χ0v) is 12.1. The molecule has 6 heteroatoms. The van der Waals surface area contributed by atoms with E-state index in [9.17, 15) is 9.90 Å². The van der Waals surface area contributed by atoms with Crippen molar-refractivity contribution in [2.24, 2.45) is 0 Å². The Morgan fingerprint density at radius 3 is 2.62 bits per heavy atom. The highest BCUT2D eigenvalue weighted by atomic mass is 35.5. The molecule has 21 heavy (non-hydrogen) atoms. The van der Waals surface area contributed by atoms with E-state index in [0.717, 1.165) is 5.56 Å². The lowest BCUT2D eigenvalue weighted by molar-refractivity contribution is 0.234. The van der Waals surface area contributed by atoms with Crippen molar-refractivity contribution in [2.75, 3.05) is 12.0 Å². The van der Waals surface area contributed by atoms with Crippen LogP contribution in [0.1, 0.15) is 5.56 Å². The minimum Gasteiger partial charge on any atom is -0.508 e. The number of amides is 2. The number of aryl methyl sites for hydroxylation is 1. The highest BCUT2D eigenvalue weighted by Gasteiger charge is 2.04. The van der Waals surface area contributed by atoms with Crippen molar-refractivity contribution in [3.8, 4) is 11.5 Å². The molecule has 2 amide bonds. The molecule has 0 spiro atoms. The van der Waals surface area contributed by atoms with E-state index in [0.29, 0.717) is 16.5 Å². The Bertz CT molecular complexity index is 629. The monoisotopic (exact) mass is 306 g/mol. The second-order valence-corrected chi connectivity index (χ2v) is 4.81. The highest BCUT2D eigenvalue weighted by Crippen LogP contribution is 2.20. The van der Waals surface area contributed by atoms with Gasteiger partial charge in [-0.25, -0.2) is 4.79 Å². The second-order valence-electron chi connectivity index (χ2n) is 4.37. The highest BCUT2D eigenvalue weighted by molar-refractivity contribution is 6.30. The molecule has 3 N–H and O–H groups in total. The Morgan fingerprint density at radius 2 is 1.95 bits per heavy atom. The van der Waals surface area contributed by atoms with Gasteiger partial charge in [-0.3, -0.25) is 0 Å². The summed E-state index contributed by atoms with van der Waals surface area (Å²) >= 11 is 5.76. The fourth-order valence-electron chi connectivity index (χ4n) is 1.67. The van der Waals surface area contributed by atoms with Crippen molar-refractivity contribution in [3.63, 3.8) is 0 Å². The number of hydrogen-bond donors (Lipinski definition) is 3. The molecule has 0 saturated heterocycles. The van der Waals surface area contributed by atoms with Crippen molar-refractivity contribution in [1.82, 2.24) is 5.32 Å². The van der Waals surface area contributed by atoms with E-state index in [4.69, 9.17) is 16.3 Å². The summed E-state index contributed by atoms with van der Waals surface area (Å²) in [5.41, 5.74) is 1.39. The summed E-state index contributed by atoms with van der Waals surface area (Å²) in [5.74, 6) is 0.769. The fraction of sp³-hybridized carbons (Fsp3) is 0.133. The molecule has 0 unspecified atom stereocenters. The van der Waals surface area contributed by atoms with Crippen LogP contribution in [0.3, 0.4) is 0 Å². The van der Waals surface area contributed by atoms with E-state index >= 15 is 0 Å². The maximum absolute atomic E-state index is 11.7. The lowest BCUT2D eigenvalue weighted by Crippen LogP contribution is -2.32. The Kier molecular flexibility index (Phi) is 4.90. The molecule has 0 saturated carbocycles. The van der Waals surface area contributed by atoms with E-state index < -0.39 is 6.03 Å². The van der Waals surface area contributed by atoms with Gasteiger partial charge in [0.2, 0.25) is 0 Å². The molecule has 0 atom stereocenters. The summed E-state index contributed by atoms with van der Waals surface area (Å²) in [4.78, 5) is 11.7. The van der Waals surface area contributed by atoms with E-state index in [1.165, 1.54) is 6.07 Å². The Balaban J connectivity index is 1.81. The van der Waals surface area contributed by atoms with E-state index in [2.05, 4.69) is 10.6 Å². The van der Waals surface area contributed by atoms with Gasteiger partial charge in [0.05, 0.1) is 0 Å². The SMILES string of the molecule is Cc1cc(O)ccc1NC(=O)NCOc1ccc(Cl)cc1. The number of carbonyl (C=O) groups is 1.